The van der Waals surface area contributed by atoms with Gasteiger partial charge in [0.15, 0.2) is 11.5 Å². The van der Waals surface area contributed by atoms with Crippen LogP contribution in [0.1, 0.15) is 5.56 Å². The minimum atomic E-state index is -2.91. The zero-order valence-corrected chi connectivity index (χ0v) is 9.43. The van der Waals surface area contributed by atoms with Crippen LogP contribution in [0, 0.1) is 0 Å². The standard InChI is InChI=1S/C10H12ClF2NO2/c1-15-8-5-7(11)4-6(2-3-14)9(8)16-10(12)13/h4-5,10H,2-3,14H2,1H3. The molecule has 3 nitrogen and oxygen atoms in total. The summed E-state index contributed by atoms with van der Waals surface area (Å²) in [7, 11) is 1.36. The third-order valence-electron chi connectivity index (χ3n) is 1.94. The molecule has 0 saturated heterocycles. The molecule has 6 heteroatoms. The maximum Gasteiger partial charge on any atom is 0.387 e. The van der Waals surface area contributed by atoms with Gasteiger partial charge >= 0.3 is 6.61 Å². The molecule has 0 unspecified atom stereocenters. The summed E-state index contributed by atoms with van der Waals surface area (Å²) in [6, 6.07) is 2.95. The maximum absolute atomic E-state index is 12.2. The van der Waals surface area contributed by atoms with E-state index < -0.39 is 6.61 Å². The van der Waals surface area contributed by atoms with Crippen molar-refractivity contribution in [3.8, 4) is 11.5 Å². The van der Waals surface area contributed by atoms with E-state index >= 15 is 0 Å². The first-order chi connectivity index (χ1) is 7.58. The van der Waals surface area contributed by atoms with Crippen LogP contribution in [-0.4, -0.2) is 20.3 Å². The van der Waals surface area contributed by atoms with Crippen LogP contribution in [0.2, 0.25) is 5.02 Å². The Bertz CT molecular complexity index is 361. The fourth-order valence-corrected chi connectivity index (χ4v) is 1.57. The van der Waals surface area contributed by atoms with Crippen LogP contribution in [-0.2, 0) is 6.42 Å². The van der Waals surface area contributed by atoms with Gasteiger partial charge in [-0.05, 0) is 19.0 Å². The van der Waals surface area contributed by atoms with Crippen molar-refractivity contribution in [2.45, 2.75) is 13.0 Å². The number of benzene rings is 1. The molecule has 0 spiro atoms. The highest BCUT2D eigenvalue weighted by Crippen LogP contribution is 2.35. The van der Waals surface area contributed by atoms with Gasteiger partial charge in [0.1, 0.15) is 0 Å². The molecule has 0 saturated carbocycles. The second kappa shape index (κ2) is 5.86. The normalized spacial score (nSPS) is 10.6. The Labute approximate surface area is 97.1 Å². The van der Waals surface area contributed by atoms with Crippen LogP contribution in [0.5, 0.6) is 11.5 Å². The van der Waals surface area contributed by atoms with Gasteiger partial charge in [-0.3, -0.25) is 0 Å². The quantitative estimate of drug-likeness (QED) is 0.874. The second-order valence-electron chi connectivity index (χ2n) is 3.01. The van der Waals surface area contributed by atoms with Gasteiger partial charge in [0.05, 0.1) is 7.11 Å². The molecule has 0 bridgehead atoms. The number of hydrogen-bond acceptors (Lipinski definition) is 3. The summed E-state index contributed by atoms with van der Waals surface area (Å²) in [6.45, 7) is -2.60. The minimum Gasteiger partial charge on any atom is -0.493 e. The third kappa shape index (κ3) is 3.21. The Hall–Kier alpha value is -1.07. The first-order valence-corrected chi connectivity index (χ1v) is 4.97. The molecule has 0 heterocycles. The second-order valence-corrected chi connectivity index (χ2v) is 3.45. The fourth-order valence-electron chi connectivity index (χ4n) is 1.34. The number of rotatable bonds is 5. The van der Waals surface area contributed by atoms with Crippen molar-refractivity contribution in [3.63, 3.8) is 0 Å². The smallest absolute Gasteiger partial charge is 0.387 e. The van der Waals surface area contributed by atoms with Gasteiger partial charge in [-0.2, -0.15) is 8.78 Å². The van der Waals surface area contributed by atoms with Crippen LogP contribution < -0.4 is 15.2 Å². The van der Waals surface area contributed by atoms with Crippen molar-refractivity contribution in [1.82, 2.24) is 0 Å². The molecule has 0 aromatic heterocycles. The molecule has 0 amide bonds. The van der Waals surface area contributed by atoms with E-state index in [0.717, 1.165) is 0 Å². The van der Waals surface area contributed by atoms with Gasteiger partial charge < -0.3 is 15.2 Å². The topological polar surface area (TPSA) is 44.5 Å². The van der Waals surface area contributed by atoms with Crippen LogP contribution in [0.25, 0.3) is 0 Å². The molecule has 0 radical (unpaired) electrons. The SMILES string of the molecule is COc1cc(Cl)cc(CCN)c1OC(F)F. The number of nitrogens with two attached hydrogens (primary N) is 1. The van der Waals surface area contributed by atoms with Gasteiger partial charge in [-0.1, -0.05) is 11.6 Å². The molecule has 90 valence electrons. The lowest BCUT2D eigenvalue weighted by atomic mass is 10.1. The fraction of sp³-hybridized carbons (Fsp3) is 0.400. The van der Waals surface area contributed by atoms with E-state index in [0.29, 0.717) is 23.6 Å². The third-order valence-corrected chi connectivity index (χ3v) is 2.16. The maximum atomic E-state index is 12.2. The van der Waals surface area contributed by atoms with E-state index in [1.807, 2.05) is 0 Å². The molecule has 1 aromatic carbocycles. The highest BCUT2D eigenvalue weighted by molar-refractivity contribution is 6.30. The Kier molecular flexibility index (Phi) is 4.76. The summed E-state index contributed by atoms with van der Waals surface area (Å²) < 4.78 is 33.8. The zero-order valence-electron chi connectivity index (χ0n) is 8.67. The van der Waals surface area contributed by atoms with Gasteiger partial charge in [-0.25, -0.2) is 0 Å². The molecule has 1 aromatic rings. The molecule has 0 atom stereocenters. The number of alkyl halides is 2. The summed E-state index contributed by atoms with van der Waals surface area (Å²) in [5.41, 5.74) is 5.88. The van der Waals surface area contributed by atoms with E-state index in [-0.39, 0.29) is 11.5 Å². The van der Waals surface area contributed by atoms with Crippen molar-refractivity contribution in [2.75, 3.05) is 13.7 Å². The Morgan fingerprint density at radius 2 is 2.12 bits per heavy atom. The number of hydrogen-bond donors (Lipinski definition) is 1. The molecule has 2 N–H and O–H groups in total. The summed E-state index contributed by atoms with van der Waals surface area (Å²) in [6.07, 6.45) is 0.388. The van der Waals surface area contributed by atoms with Gasteiger partial charge in [-0.15, -0.1) is 0 Å². The summed E-state index contributed by atoms with van der Waals surface area (Å²) in [4.78, 5) is 0. The van der Waals surface area contributed by atoms with Gasteiger partial charge in [0.25, 0.3) is 0 Å². The lowest BCUT2D eigenvalue weighted by Crippen LogP contribution is -2.09. The molecule has 0 fully saturated rings. The van der Waals surface area contributed by atoms with Crippen molar-refractivity contribution >= 4 is 11.6 Å². The van der Waals surface area contributed by atoms with Gasteiger partial charge in [0.2, 0.25) is 0 Å². The van der Waals surface area contributed by atoms with Crippen LogP contribution in [0.3, 0.4) is 0 Å². The van der Waals surface area contributed by atoms with E-state index in [1.165, 1.54) is 19.2 Å². The molecular weight excluding hydrogens is 240 g/mol. The van der Waals surface area contributed by atoms with Crippen LogP contribution >= 0.6 is 11.6 Å². The average molecular weight is 252 g/mol. The van der Waals surface area contributed by atoms with Crippen LogP contribution in [0.15, 0.2) is 12.1 Å². The van der Waals surface area contributed by atoms with E-state index in [4.69, 9.17) is 22.1 Å². The molecule has 16 heavy (non-hydrogen) atoms. The molecule has 0 aliphatic heterocycles. The highest BCUT2D eigenvalue weighted by Gasteiger charge is 2.16. The summed E-state index contributed by atoms with van der Waals surface area (Å²) in [5, 5.41) is 0.391. The lowest BCUT2D eigenvalue weighted by molar-refractivity contribution is -0.0518. The van der Waals surface area contributed by atoms with E-state index in [1.54, 1.807) is 0 Å². The number of methoxy groups -OCH3 is 1. The van der Waals surface area contributed by atoms with E-state index in [2.05, 4.69) is 4.74 Å². The Balaban J connectivity index is 3.15. The molecular formula is C10H12ClF2NO2. The first-order valence-electron chi connectivity index (χ1n) is 4.59. The predicted molar refractivity (Wildman–Crippen MR) is 57.4 cm³/mol. The number of ether oxygens (including phenoxy) is 2. The highest BCUT2D eigenvalue weighted by atomic mass is 35.5. The average Bonchev–Trinajstić information content (AvgIpc) is 2.21. The Morgan fingerprint density at radius 3 is 2.62 bits per heavy atom. The minimum absolute atomic E-state index is 0.00708. The monoisotopic (exact) mass is 251 g/mol. The first kappa shape index (κ1) is 13.0. The summed E-state index contributed by atoms with van der Waals surface area (Å²) >= 11 is 5.81. The summed E-state index contributed by atoms with van der Waals surface area (Å²) in [5.74, 6) is 0.170. The van der Waals surface area contributed by atoms with Crippen molar-refractivity contribution in [2.24, 2.45) is 5.73 Å². The van der Waals surface area contributed by atoms with Crippen molar-refractivity contribution in [1.29, 1.82) is 0 Å². The lowest BCUT2D eigenvalue weighted by Gasteiger charge is -2.14. The number of halogens is 3. The predicted octanol–water partition coefficient (Wildman–Crippen LogP) is 2.45. The zero-order chi connectivity index (χ0) is 12.1. The van der Waals surface area contributed by atoms with E-state index in [9.17, 15) is 8.78 Å². The van der Waals surface area contributed by atoms with Crippen LogP contribution in [0.4, 0.5) is 8.78 Å². The molecule has 0 aliphatic carbocycles. The Morgan fingerprint density at radius 1 is 1.44 bits per heavy atom. The molecule has 0 aliphatic rings. The van der Waals surface area contributed by atoms with Gasteiger partial charge in [0, 0.05) is 16.7 Å². The molecule has 1 rings (SSSR count). The van der Waals surface area contributed by atoms with Crippen molar-refractivity contribution < 1.29 is 18.3 Å². The largest absolute Gasteiger partial charge is 0.493 e. The van der Waals surface area contributed by atoms with Crippen molar-refractivity contribution in [3.05, 3.63) is 22.7 Å².